The number of halogens is 1. The van der Waals surface area contributed by atoms with Gasteiger partial charge in [0.25, 0.3) is 0 Å². The first-order valence-corrected chi connectivity index (χ1v) is 11.4. The van der Waals surface area contributed by atoms with E-state index in [2.05, 4.69) is 5.32 Å². The van der Waals surface area contributed by atoms with E-state index in [0.29, 0.717) is 31.1 Å². The second-order valence-corrected chi connectivity index (χ2v) is 8.99. The predicted molar refractivity (Wildman–Crippen MR) is 121 cm³/mol. The van der Waals surface area contributed by atoms with Gasteiger partial charge in [0, 0.05) is 24.7 Å². The standard InChI is InChI=1S/C25H29ClN2O3/c26-21-10-8-20(9-11-21)25(13-14-25)24(30)27-17-19-5-4-15-28(18-19)23(29)12-16-31-22-6-2-1-3-7-22/h1-3,6-11,19H,4-5,12-18H2,(H,27,30). The zero-order valence-corrected chi connectivity index (χ0v) is 18.4. The van der Waals surface area contributed by atoms with Gasteiger partial charge in [0.05, 0.1) is 18.4 Å². The third-order valence-corrected chi connectivity index (χ3v) is 6.58. The predicted octanol–water partition coefficient (Wildman–Crippen LogP) is 4.20. The smallest absolute Gasteiger partial charge is 0.230 e. The Balaban J connectivity index is 1.23. The summed E-state index contributed by atoms with van der Waals surface area (Å²) < 4.78 is 5.65. The average Bonchev–Trinajstić information content (AvgIpc) is 3.61. The number of carbonyl (C=O) groups is 2. The summed E-state index contributed by atoms with van der Waals surface area (Å²) in [6.45, 7) is 2.46. The molecule has 1 saturated heterocycles. The maximum Gasteiger partial charge on any atom is 0.230 e. The molecule has 0 bridgehead atoms. The first kappa shape index (κ1) is 21.7. The molecule has 2 fully saturated rings. The Morgan fingerprint density at radius 2 is 1.84 bits per heavy atom. The number of ether oxygens (including phenoxy) is 1. The van der Waals surface area contributed by atoms with Crippen LogP contribution in [0, 0.1) is 5.92 Å². The van der Waals surface area contributed by atoms with Gasteiger partial charge in [-0.05, 0) is 61.4 Å². The molecule has 2 amide bonds. The lowest BCUT2D eigenvalue weighted by molar-refractivity contribution is -0.133. The first-order chi connectivity index (χ1) is 15.1. The third-order valence-electron chi connectivity index (χ3n) is 6.33. The van der Waals surface area contributed by atoms with Crippen molar-refractivity contribution in [3.8, 4) is 5.75 Å². The summed E-state index contributed by atoms with van der Waals surface area (Å²) in [5, 5.41) is 3.84. The Bertz CT molecular complexity index is 897. The highest BCUT2D eigenvalue weighted by atomic mass is 35.5. The van der Waals surface area contributed by atoms with Crippen LogP contribution in [0.1, 0.15) is 37.7 Å². The molecule has 2 aliphatic rings. The molecule has 0 radical (unpaired) electrons. The zero-order valence-electron chi connectivity index (χ0n) is 17.7. The maximum atomic E-state index is 12.9. The number of hydrogen-bond acceptors (Lipinski definition) is 3. The monoisotopic (exact) mass is 440 g/mol. The van der Waals surface area contributed by atoms with Crippen LogP contribution in [0.3, 0.4) is 0 Å². The first-order valence-electron chi connectivity index (χ1n) is 11.1. The number of hydrogen-bond donors (Lipinski definition) is 1. The molecule has 2 aromatic rings. The Morgan fingerprint density at radius 1 is 1.10 bits per heavy atom. The lowest BCUT2D eigenvalue weighted by Gasteiger charge is -2.33. The highest BCUT2D eigenvalue weighted by Crippen LogP contribution is 2.48. The van der Waals surface area contributed by atoms with Gasteiger partial charge in [-0.15, -0.1) is 0 Å². The normalized spacial score (nSPS) is 19.5. The third kappa shape index (κ3) is 5.40. The number of rotatable bonds is 8. The molecule has 2 aromatic carbocycles. The summed E-state index contributed by atoms with van der Waals surface area (Å²) in [4.78, 5) is 27.4. The molecule has 1 heterocycles. The molecular weight excluding hydrogens is 412 g/mol. The van der Waals surface area contributed by atoms with Gasteiger partial charge >= 0.3 is 0 Å². The van der Waals surface area contributed by atoms with E-state index in [1.165, 1.54) is 0 Å². The van der Waals surface area contributed by atoms with Gasteiger partial charge in [0.2, 0.25) is 11.8 Å². The number of nitrogens with zero attached hydrogens (tertiary/aromatic N) is 1. The number of nitrogens with one attached hydrogen (secondary N) is 1. The highest BCUT2D eigenvalue weighted by Gasteiger charge is 2.51. The van der Waals surface area contributed by atoms with Crippen molar-refractivity contribution in [1.29, 1.82) is 0 Å². The lowest BCUT2D eigenvalue weighted by Crippen LogP contribution is -2.45. The Labute approximate surface area is 188 Å². The van der Waals surface area contributed by atoms with Crippen LogP contribution in [0.5, 0.6) is 5.75 Å². The number of benzene rings is 2. The number of para-hydroxylation sites is 1. The van der Waals surface area contributed by atoms with Gasteiger partial charge < -0.3 is 15.0 Å². The molecule has 31 heavy (non-hydrogen) atoms. The van der Waals surface area contributed by atoms with Crippen LogP contribution < -0.4 is 10.1 Å². The van der Waals surface area contributed by atoms with Crippen molar-refractivity contribution in [2.24, 2.45) is 5.92 Å². The summed E-state index contributed by atoms with van der Waals surface area (Å²) in [6, 6.07) is 17.1. The van der Waals surface area contributed by atoms with Gasteiger partial charge in [-0.1, -0.05) is 41.9 Å². The van der Waals surface area contributed by atoms with E-state index >= 15 is 0 Å². The van der Waals surface area contributed by atoms with E-state index in [1.54, 1.807) is 0 Å². The molecule has 164 valence electrons. The zero-order chi connectivity index (χ0) is 21.7. The van der Waals surface area contributed by atoms with Crippen LogP contribution in [0.4, 0.5) is 0 Å². The second-order valence-electron chi connectivity index (χ2n) is 8.56. The van der Waals surface area contributed by atoms with Crippen LogP contribution in [-0.4, -0.2) is 43.0 Å². The summed E-state index contributed by atoms with van der Waals surface area (Å²) in [6.07, 6.45) is 4.11. The van der Waals surface area contributed by atoms with Crippen molar-refractivity contribution in [3.63, 3.8) is 0 Å². The minimum absolute atomic E-state index is 0.0922. The average molecular weight is 441 g/mol. The van der Waals surface area contributed by atoms with E-state index < -0.39 is 5.41 Å². The van der Waals surface area contributed by atoms with Crippen molar-refractivity contribution < 1.29 is 14.3 Å². The van der Waals surface area contributed by atoms with Gasteiger partial charge in [-0.3, -0.25) is 9.59 Å². The van der Waals surface area contributed by atoms with Crippen molar-refractivity contribution in [1.82, 2.24) is 10.2 Å². The largest absolute Gasteiger partial charge is 0.493 e. The Hall–Kier alpha value is -2.53. The summed E-state index contributed by atoms with van der Waals surface area (Å²) in [5.41, 5.74) is 0.636. The van der Waals surface area contributed by atoms with Crippen LogP contribution in [-0.2, 0) is 15.0 Å². The molecule has 1 aliphatic carbocycles. The second kappa shape index (κ2) is 9.73. The number of piperidine rings is 1. The Kier molecular flexibility index (Phi) is 6.81. The van der Waals surface area contributed by atoms with Crippen LogP contribution in [0.25, 0.3) is 0 Å². The summed E-state index contributed by atoms with van der Waals surface area (Å²) in [5.74, 6) is 1.28. The quantitative estimate of drug-likeness (QED) is 0.669. The summed E-state index contributed by atoms with van der Waals surface area (Å²) >= 11 is 5.99. The van der Waals surface area contributed by atoms with Crippen LogP contribution in [0.15, 0.2) is 54.6 Å². The molecule has 4 rings (SSSR count). The van der Waals surface area contributed by atoms with Crippen molar-refractivity contribution in [2.75, 3.05) is 26.2 Å². The molecular formula is C25H29ClN2O3. The van der Waals surface area contributed by atoms with Gasteiger partial charge in [0.1, 0.15) is 5.75 Å². The highest BCUT2D eigenvalue weighted by molar-refractivity contribution is 6.30. The van der Waals surface area contributed by atoms with E-state index in [4.69, 9.17) is 16.3 Å². The molecule has 1 N–H and O–H groups in total. The van der Waals surface area contributed by atoms with E-state index in [0.717, 1.165) is 43.5 Å². The summed E-state index contributed by atoms with van der Waals surface area (Å²) in [7, 11) is 0. The number of amides is 2. The fourth-order valence-electron chi connectivity index (χ4n) is 4.34. The van der Waals surface area contributed by atoms with Crippen LogP contribution in [0.2, 0.25) is 5.02 Å². The maximum absolute atomic E-state index is 12.9. The molecule has 1 unspecified atom stereocenters. The van der Waals surface area contributed by atoms with Gasteiger partial charge in [-0.2, -0.15) is 0 Å². The lowest BCUT2D eigenvalue weighted by atomic mass is 9.93. The fraction of sp³-hybridized carbons (Fsp3) is 0.440. The van der Waals surface area contributed by atoms with E-state index in [1.807, 2.05) is 59.5 Å². The molecule has 6 heteroatoms. The molecule has 0 aromatic heterocycles. The van der Waals surface area contributed by atoms with E-state index in [-0.39, 0.29) is 17.7 Å². The Morgan fingerprint density at radius 3 is 2.55 bits per heavy atom. The van der Waals surface area contributed by atoms with Gasteiger partial charge in [-0.25, -0.2) is 0 Å². The molecule has 0 spiro atoms. The molecule has 5 nitrogen and oxygen atoms in total. The van der Waals surface area contributed by atoms with Gasteiger partial charge in [0.15, 0.2) is 0 Å². The minimum atomic E-state index is -0.399. The molecule has 1 saturated carbocycles. The van der Waals surface area contributed by atoms with Crippen molar-refractivity contribution in [3.05, 3.63) is 65.2 Å². The van der Waals surface area contributed by atoms with Crippen molar-refractivity contribution in [2.45, 2.75) is 37.5 Å². The molecule has 1 atom stereocenters. The minimum Gasteiger partial charge on any atom is -0.493 e. The van der Waals surface area contributed by atoms with Crippen LogP contribution >= 0.6 is 11.6 Å². The molecule has 1 aliphatic heterocycles. The number of likely N-dealkylation sites (tertiary alicyclic amines) is 1. The van der Waals surface area contributed by atoms with Crippen molar-refractivity contribution >= 4 is 23.4 Å². The SMILES string of the molecule is O=C(CCOc1ccccc1)N1CCCC(CNC(=O)C2(c3ccc(Cl)cc3)CC2)C1. The fourth-order valence-corrected chi connectivity index (χ4v) is 4.46. The number of carbonyl (C=O) groups excluding carboxylic acids is 2. The topological polar surface area (TPSA) is 58.6 Å². The van der Waals surface area contributed by atoms with E-state index in [9.17, 15) is 9.59 Å².